The molecular weight excluding hydrogens is 236 g/mol. The van der Waals surface area contributed by atoms with Crippen LogP contribution in [0, 0.1) is 0 Å². The van der Waals surface area contributed by atoms with Crippen LogP contribution >= 0.6 is 11.6 Å². The molecule has 0 aliphatic rings. The zero-order valence-electron chi connectivity index (χ0n) is 9.52. The zero-order valence-corrected chi connectivity index (χ0v) is 10.3. The van der Waals surface area contributed by atoms with E-state index in [2.05, 4.69) is 0 Å². The van der Waals surface area contributed by atoms with Crippen molar-refractivity contribution in [1.82, 2.24) is 0 Å². The first kappa shape index (κ1) is 11.8. The molecule has 0 amide bonds. The fourth-order valence-electron chi connectivity index (χ4n) is 1.45. The summed E-state index contributed by atoms with van der Waals surface area (Å²) in [6.07, 6.45) is 0. The summed E-state index contributed by atoms with van der Waals surface area (Å²) in [6, 6.07) is 15.1. The highest BCUT2D eigenvalue weighted by Crippen LogP contribution is 2.19. The summed E-state index contributed by atoms with van der Waals surface area (Å²) in [4.78, 5) is 0. The molecule has 0 saturated heterocycles. The molecule has 88 valence electrons. The summed E-state index contributed by atoms with van der Waals surface area (Å²) in [5.41, 5.74) is 1.09. The summed E-state index contributed by atoms with van der Waals surface area (Å²) in [5, 5.41) is 0.678. The minimum atomic E-state index is 0.518. The lowest BCUT2D eigenvalue weighted by atomic mass is 10.2. The summed E-state index contributed by atoms with van der Waals surface area (Å²) in [5.74, 6) is 1.62. The zero-order chi connectivity index (χ0) is 12.1. The molecule has 2 rings (SSSR count). The van der Waals surface area contributed by atoms with Gasteiger partial charge in [-0.1, -0.05) is 29.8 Å². The Hall–Kier alpha value is -1.67. The van der Waals surface area contributed by atoms with Crippen molar-refractivity contribution in [2.75, 3.05) is 7.11 Å². The topological polar surface area (TPSA) is 18.5 Å². The van der Waals surface area contributed by atoms with Gasteiger partial charge in [-0.05, 0) is 35.9 Å². The second-order valence-electron chi connectivity index (χ2n) is 3.59. The lowest BCUT2D eigenvalue weighted by Gasteiger charge is -2.07. The predicted octanol–water partition coefficient (Wildman–Crippen LogP) is 3.93. The van der Waals surface area contributed by atoms with Crippen molar-refractivity contribution in [3.8, 4) is 11.5 Å². The fourth-order valence-corrected chi connectivity index (χ4v) is 1.63. The van der Waals surface area contributed by atoms with Crippen LogP contribution in [0.1, 0.15) is 5.56 Å². The molecule has 0 bridgehead atoms. The van der Waals surface area contributed by atoms with Gasteiger partial charge in [0.1, 0.15) is 18.1 Å². The highest BCUT2D eigenvalue weighted by Gasteiger charge is 1.97. The lowest BCUT2D eigenvalue weighted by Crippen LogP contribution is -1.95. The van der Waals surface area contributed by atoms with Gasteiger partial charge < -0.3 is 9.47 Å². The molecule has 2 nitrogen and oxygen atoms in total. The van der Waals surface area contributed by atoms with Crippen LogP contribution in [0.5, 0.6) is 11.5 Å². The van der Waals surface area contributed by atoms with Gasteiger partial charge in [0.2, 0.25) is 0 Å². The molecule has 0 spiro atoms. The van der Waals surface area contributed by atoms with Gasteiger partial charge in [0.25, 0.3) is 0 Å². The first-order valence-corrected chi connectivity index (χ1v) is 5.67. The maximum absolute atomic E-state index is 5.87. The third-order valence-corrected chi connectivity index (χ3v) is 2.60. The van der Waals surface area contributed by atoms with Gasteiger partial charge in [-0.25, -0.2) is 0 Å². The first-order valence-electron chi connectivity index (χ1n) is 5.29. The van der Waals surface area contributed by atoms with E-state index in [0.29, 0.717) is 11.6 Å². The number of ether oxygens (including phenoxy) is 2. The Bertz CT molecular complexity index is 480. The quantitative estimate of drug-likeness (QED) is 0.816. The van der Waals surface area contributed by atoms with Gasteiger partial charge in [-0.2, -0.15) is 0 Å². The minimum Gasteiger partial charge on any atom is -0.497 e. The van der Waals surface area contributed by atoms with Crippen LogP contribution in [-0.2, 0) is 6.61 Å². The van der Waals surface area contributed by atoms with E-state index in [1.165, 1.54) is 0 Å². The normalized spacial score (nSPS) is 10.0. The van der Waals surface area contributed by atoms with E-state index in [-0.39, 0.29) is 0 Å². The molecule has 17 heavy (non-hydrogen) atoms. The van der Waals surface area contributed by atoms with E-state index >= 15 is 0 Å². The lowest BCUT2D eigenvalue weighted by molar-refractivity contribution is 0.306. The molecular formula is C14H13ClO2. The van der Waals surface area contributed by atoms with Crippen molar-refractivity contribution >= 4 is 11.6 Å². The van der Waals surface area contributed by atoms with Crippen LogP contribution in [0.4, 0.5) is 0 Å². The Morgan fingerprint density at radius 3 is 2.41 bits per heavy atom. The Labute approximate surface area is 106 Å². The van der Waals surface area contributed by atoms with Crippen molar-refractivity contribution in [3.05, 3.63) is 59.1 Å². The van der Waals surface area contributed by atoms with Crippen LogP contribution in [0.2, 0.25) is 5.02 Å². The summed E-state index contributed by atoms with van der Waals surface area (Å²) in [6.45, 7) is 0.518. The van der Waals surface area contributed by atoms with E-state index < -0.39 is 0 Å². The van der Waals surface area contributed by atoms with Gasteiger partial charge >= 0.3 is 0 Å². The van der Waals surface area contributed by atoms with E-state index in [9.17, 15) is 0 Å². The first-order chi connectivity index (χ1) is 8.28. The Balaban J connectivity index is 1.97. The molecule has 0 atom stereocenters. The number of methoxy groups -OCH3 is 1. The molecule has 0 aliphatic carbocycles. The fraction of sp³-hybridized carbons (Fsp3) is 0.143. The molecule has 0 heterocycles. The van der Waals surface area contributed by atoms with Gasteiger partial charge in [0, 0.05) is 5.02 Å². The standard InChI is InChI=1S/C14H13ClO2/c1-16-13-7-5-11(6-8-13)10-17-14-4-2-3-12(15)9-14/h2-9H,10H2,1H3. The van der Waals surface area contributed by atoms with Crippen LogP contribution in [0.3, 0.4) is 0 Å². The number of hydrogen-bond acceptors (Lipinski definition) is 2. The number of benzene rings is 2. The van der Waals surface area contributed by atoms with E-state index in [0.717, 1.165) is 17.1 Å². The summed E-state index contributed by atoms with van der Waals surface area (Å²) in [7, 11) is 1.65. The van der Waals surface area contributed by atoms with Crippen molar-refractivity contribution in [2.24, 2.45) is 0 Å². The third-order valence-electron chi connectivity index (χ3n) is 2.36. The van der Waals surface area contributed by atoms with Crippen LogP contribution in [0.15, 0.2) is 48.5 Å². The van der Waals surface area contributed by atoms with E-state index in [1.54, 1.807) is 13.2 Å². The van der Waals surface area contributed by atoms with Gasteiger partial charge in [-0.15, -0.1) is 0 Å². The Morgan fingerprint density at radius 1 is 1.00 bits per heavy atom. The van der Waals surface area contributed by atoms with Crippen molar-refractivity contribution in [2.45, 2.75) is 6.61 Å². The van der Waals surface area contributed by atoms with E-state index in [1.807, 2.05) is 42.5 Å². The number of hydrogen-bond donors (Lipinski definition) is 0. The molecule has 0 fully saturated rings. The van der Waals surface area contributed by atoms with Crippen molar-refractivity contribution in [3.63, 3.8) is 0 Å². The summed E-state index contributed by atoms with van der Waals surface area (Å²) >= 11 is 5.87. The molecule has 0 N–H and O–H groups in total. The second-order valence-corrected chi connectivity index (χ2v) is 4.03. The second kappa shape index (κ2) is 5.60. The molecule has 0 saturated carbocycles. The Kier molecular flexibility index (Phi) is 3.89. The maximum Gasteiger partial charge on any atom is 0.121 e. The van der Waals surface area contributed by atoms with Gasteiger partial charge in [-0.3, -0.25) is 0 Å². The highest BCUT2D eigenvalue weighted by molar-refractivity contribution is 6.30. The van der Waals surface area contributed by atoms with Crippen LogP contribution < -0.4 is 9.47 Å². The molecule has 0 radical (unpaired) electrons. The summed E-state index contributed by atoms with van der Waals surface area (Å²) < 4.78 is 10.7. The molecule has 2 aromatic rings. The van der Waals surface area contributed by atoms with E-state index in [4.69, 9.17) is 21.1 Å². The molecule has 0 aliphatic heterocycles. The largest absolute Gasteiger partial charge is 0.497 e. The van der Waals surface area contributed by atoms with Gasteiger partial charge in [0.05, 0.1) is 7.11 Å². The van der Waals surface area contributed by atoms with Crippen molar-refractivity contribution in [1.29, 1.82) is 0 Å². The Morgan fingerprint density at radius 2 is 1.76 bits per heavy atom. The minimum absolute atomic E-state index is 0.518. The molecule has 3 heteroatoms. The highest BCUT2D eigenvalue weighted by atomic mass is 35.5. The van der Waals surface area contributed by atoms with Gasteiger partial charge in [0.15, 0.2) is 0 Å². The molecule has 0 aromatic heterocycles. The van der Waals surface area contributed by atoms with Crippen LogP contribution in [0.25, 0.3) is 0 Å². The third kappa shape index (κ3) is 3.40. The predicted molar refractivity (Wildman–Crippen MR) is 68.8 cm³/mol. The SMILES string of the molecule is COc1ccc(COc2cccc(Cl)c2)cc1. The molecule has 2 aromatic carbocycles. The van der Waals surface area contributed by atoms with Crippen molar-refractivity contribution < 1.29 is 9.47 Å². The monoisotopic (exact) mass is 248 g/mol. The average Bonchev–Trinajstić information content (AvgIpc) is 2.37. The number of halogens is 1. The maximum atomic E-state index is 5.87. The number of rotatable bonds is 4. The van der Waals surface area contributed by atoms with Crippen LogP contribution in [-0.4, -0.2) is 7.11 Å². The average molecular weight is 249 g/mol. The smallest absolute Gasteiger partial charge is 0.121 e. The molecule has 0 unspecified atom stereocenters.